The smallest absolute Gasteiger partial charge is 0.270 e. The first kappa shape index (κ1) is 17.0. The molecule has 0 bridgehead atoms. The van der Waals surface area contributed by atoms with Crippen LogP contribution in [0.1, 0.15) is 12.5 Å². The molecule has 0 atom stereocenters. The fourth-order valence-electron chi connectivity index (χ4n) is 2.58. The molecule has 1 aliphatic rings. The molecule has 0 saturated carbocycles. The number of nitrogens with zero attached hydrogens (tertiary/aromatic N) is 2. The molecule has 0 fully saturated rings. The molecule has 25 heavy (non-hydrogen) atoms. The average molecular weight is 352 g/mol. The Morgan fingerprint density at radius 1 is 1.24 bits per heavy atom. The van der Waals surface area contributed by atoms with Gasteiger partial charge in [0.05, 0.1) is 15.6 Å². The molecule has 3 rings (SSSR count). The van der Waals surface area contributed by atoms with Gasteiger partial charge in [0, 0.05) is 29.6 Å². The van der Waals surface area contributed by atoms with Crippen LogP contribution < -0.4 is 4.90 Å². The lowest BCUT2D eigenvalue weighted by Crippen LogP contribution is -2.17. The normalized spacial score (nSPS) is 14.9. The minimum Gasteiger partial charge on any atom is -0.335 e. The molecule has 0 spiro atoms. The zero-order valence-electron chi connectivity index (χ0n) is 13.6. The van der Waals surface area contributed by atoms with Crippen LogP contribution in [0.2, 0.25) is 0 Å². The molecule has 0 aromatic heterocycles. The Morgan fingerprint density at radius 3 is 2.80 bits per heavy atom. The standard InChI is InChI=1S/C19H16N2O3S/c1-2-20-17-8-3-4-9-18(17)25-19(20)13-16(22)11-10-14-6-5-7-15(12-14)21(23)24/h3-13H,2H2,1H3/b11-10+,19-13?. The molecule has 0 N–H and O–H groups in total. The van der Waals surface area contributed by atoms with Crippen LogP contribution in [-0.2, 0) is 4.79 Å². The van der Waals surface area contributed by atoms with Crippen LogP contribution in [0, 0.1) is 10.1 Å². The van der Waals surface area contributed by atoms with Gasteiger partial charge >= 0.3 is 0 Å². The molecule has 0 unspecified atom stereocenters. The third kappa shape index (κ3) is 3.80. The number of fused-ring (bicyclic) bond motifs is 1. The molecule has 126 valence electrons. The third-order valence-electron chi connectivity index (χ3n) is 3.74. The minimum absolute atomic E-state index is 0.00640. The number of thioether (sulfide) groups is 1. The highest BCUT2D eigenvalue weighted by Gasteiger charge is 2.23. The van der Waals surface area contributed by atoms with Gasteiger partial charge in [0.2, 0.25) is 0 Å². The molecule has 5 nitrogen and oxygen atoms in total. The number of carbonyl (C=O) groups is 1. The Bertz CT molecular complexity index is 890. The molecular weight excluding hydrogens is 336 g/mol. The molecule has 0 aliphatic carbocycles. The highest BCUT2D eigenvalue weighted by Crippen LogP contribution is 2.45. The highest BCUT2D eigenvalue weighted by atomic mass is 32.2. The van der Waals surface area contributed by atoms with Gasteiger partial charge in [0.25, 0.3) is 5.69 Å². The lowest BCUT2D eigenvalue weighted by Gasteiger charge is -2.17. The van der Waals surface area contributed by atoms with Crippen LogP contribution in [0.5, 0.6) is 0 Å². The summed E-state index contributed by atoms with van der Waals surface area (Å²) in [4.78, 5) is 25.8. The van der Waals surface area contributed by atoms with E-state index in [4.69, 9.17) is 0 Å². The predicted molar refractivity (Wildman–Crippen MR) is 101 cm³/mol. The zero-order valence-corrected chi connectivity index (χ0v) is 14.4. The first-order valence-corrected chi connectivity index (χ1v) is 8.62. The van der Waals surface area contributed by atoms with Gasteiger partial charge in [-0.2, -0.15) is 0 Å². The maximum Gasteiger partial charge on any atom is 0.270 e. The predicted octanol–water partition coefficient (Wildman–Crippen LogP) is 4.65. The summed E-state index contributed by atoms with van der Waals surface area (Å²) in [6.45, 7) is 2.82. The van der Waals surface area contributed by atoms with Gasteiger partial charge < -0.3 is 4.90 Å². The number of allylic oxidation sites excluding steroid dienone is 2. The van der Waals surface area contributed by atoms with Crippen LogP contribution in [-0.4, -0.2) is 17.3 Å². The second-order valence-electron chi connectivity index (χ2n) is 5.38. The summed E-state index contributed by atoms with van der Waals surface area (Å²) in [6.07, 6.45) is 4.63. The molecule has 1 heterocycles. The van der Waals surface area contributed by atoms with Gasteiger partial charge in [-0.15, -0.1) is 0 Å². The van der Waals surface area contributed by atoms with Crippen molar-refractivity contribution in [3.63, 3.8) is 0 Å². The van der Waals surface area contributed by atoms with Gasteiger partial charge in [-0.25, -0.2) is 0 Å². The van der Waals surface area contributed by atoms with E-state index in [-0.39, 0.29) is 11.5 Å². The fraction of sp³-hybridized carbons (Fsp3) is 0.105. The second kappa shape index (κ2) is 7.36. The van der Waals surface area contributed by atoms with Crippen LogP contribution in [0.3, 0.4) is 0 Å². The second-order valence-corrected chi connectivity index (χ2v) is 6.45. The van der Waals surface area contributed by atoms with Crippen LogP contribution in [0.15, 0.2) is 70.6 Å². The van der Waals surface area contributed by atoms with E-state index in [2.05, 4.69) is 4.90 Å². The van der Waals surface area contributed by atoms with Crippen molar-refractivity contribution in [1.82, 2.24) is 0 Å². The summed E-state index contributed by atoms with van der Waals surface area (Å²) in [6, 6.07) is 14.2. The Kier molecular flexibility index (Phi) is 5.00. The summed E-state index contributed by atoms with van der Waals surface area (Å²) < 4.78 is 0. The Labute approximate surface area is 149 Å². The minimum atomic E-state index is -0.452. The van der Waals surface area contributed by atoms with E-state index in [1.807, 2.05) is 31.2 Å². The lowest BCUT2D eigenvalue weighted by molar-refractivity contribution is -0.384. The maximum absolute atomic E-state index is 12.3. The van der Waals surface area contributed by atoms with Gasteiger partial charge in [0.1, 0.15) is 0 Å². The number of carbonyl (C=O) groups excluding carboxylic acids is 1. The van der Waals surface area contributed by atoms with E-state index >= 15 is 0 Å². The van der Waals surface area contributed by atoms with Crippen molar-refractivity contribution in [2.75, 3.05) is 11.4 Å². The Morgan fingerprint density at radius 2 is 2.04 bits per heavy atom. The largest absolute Gasteiger partial charge is 0.335 e. The quantitative estimate of drug-likeness (QED) is 0.445. The van der Waals surface area contributed by atoms with Crippen LogP contribution in [0.25, 0.3) is 6.08 Å². The molecule has 0 amide bonds. The average Bonchev–Trinajstić information content (AvgIpc) is 2.97. The number of para-hydroxylation sites is 1. The molecule has 6 heteroatoms. The van der Waals surface area contributed by atoms with E-state index in [1.165, 1.54) is 18.2 Å². The number of hydrogen-bond donors (Lipinski definition) is 0. The number of rotatable bonds is 5. The number of ketones is 1. The number of non-ortho nitro benzene ring substituents is 1. The van der Waals surface area contributed by atoms with E-state index in [1.54, 1.807) is 36.0 Å². The van der Waals surface area contributed by atoms with Gasteiger partial charge in [-0.1, -0.05) is 42.1 Å². The first-order valence-electron chi connectivity index (χ1n) is 7.81. The summed E-state index contributed by atoms with van der Waals surface area (Å²) in [7, 11) is 0. The van der Waals surface area contributed by atoms with Gasteiger partial charge in [-0.3, -0.25) is 14.9 Å². The van der Waals surface area contributed by atoms with E-state index in [0.717, 1.165) is 22.2 Å². The summed E-state index contributed by atoms with van der Waals surface area (Å²) in [5.41, 5.74) is 1.74. The first-order chi connectivity index (χ1) is 12.1. The number of anilines is 1. The maximum atomic E-state index is 12.3. The van der Waals surface area contributed by atoms with Gasteiger partial charge in [-0.05, 0) is 30.7 Å². The van der Waals surface area contributed by atoms with Crippen molar-refractivity contribution in [3.05, 3.63) is 81.4 Å². The fourth-order valence-corrected chi connectivity index (χ4v) is 3.74. The lowest BCUT2D eigenvalue weighted by atomic mass is 10.1. The van der Waals surface area contributed by atoms with E-state index < -0.39 is 4.92 Å². The molecule has 1 aliphatic heterocycles. The molecule has 0 saturated heterocycles. The number of benzene rings is 2. The van der Waals surface area contributed by atoms with E-state index in [0.29, 0.717) is 5.56 Å². The van der Waals surface area contributed by atoms with Gasteiger partial charge in [0.15, 0.2) is 5.78 Å². The molecular formula is C19H16N2O3S. The monoisotopic (exact) mass is 352 g/mol. The Balaban J connectivity index is 1.77. The SMILES string of the molecule is CCN1C(=CC(=O)/C=C/c2cccc([N+](=O)[O-])c2)Sc2ccccc21. The summed E-state index contributed by atoms with van der Waals surface area (Å²) in [5, 5.41) is 11.7. The van der Waals surface area contributed by atoms with E-state index in [9.17, 15) is 14.9 Å². The zero-order chi connectivity index (χ0) is 17.8. The summed E-state index contributed by atoms with van der Waals surface area (Å²) >= 11 is 1.57. The number of nitro benzene ring substituents is 1. The van der Waals surface area contributed by atoms with Crippen molar-refractivity contribution >= 4 is 35.0 Å². The topological polar surface area (TPSA) is 63.5 Å². The molecule has 2 aromatic rings. The van der Waals surface area contributed by atoms with Crippen LogP contribution in [0.4, 0.5) is 11.4 Å². The molecule has 2 aromatic carbocycles. The molecule has 0 radical (unpaired) electrons. The van der Waals surface area contributed by atoms with Crippen molar-refractivity contribution in [2.45, 2.75) is 11.8 Å². The highest BCUT2D eigenvalue weighted by molar-refractivity contribution is 8.03. The summed E-state index contributed by atoms with van der Waals surface area (Å²) in [5.74, 6) is -0.153. The van der Waals surface area contributed by atoms with Crippen molar-refractivity contribution in [1.29, 1.82) is 0 Å². The third-order valence-corrected chi connectivity index (χ3v) is 4.85. The van der Waals surface area contributed by atoms with Crippen molar-refractivity contribution in [3.8, 4) is 0 Å². The van der Waals surface area contributed by atoms with Crippen molar-refractivity contribution in [2.24, 2.45) is 0 Å². The number of hydrogen-bond acceptors (Lipinski definition) is 5. The van der Waals surface area contributed by atoms with Crippen LogP contribution >= 0.6 is 11.8 Å². The van der Waals surface area contributed by atoms with Crippen molar-refractivity contribution < 1.29 is 9.72 Å². The Hall–Kier alpha value is -2.86. The number of nitro groups is 1.